The molecule has 1 aromatic heterocycles. The lowest BCUT2D eigenvalue weighted by atomic mass is 10.3. The summed E-state index contributed by atoms with van der Waals surface area (Å²) in [5.41, 5.74) is -0.101. The van der Waals surface area contributed by atoms with Crippen molar-refractivity contribution in [2.24, 2.45) is 0 Å². The number of carboxylic acid groups (broad SMARTS) is 1. The van der Waals surface area contributed by atoms with E-state index in [0.29, 0.717) is 6.42 Å². The summed E-state index contributed by atoms with van der Waals surface area (Å²) in [6.45, 7) is 2.03. The lowest BCUT2D eigenvalue weighted by molar-refractivity contribution is -0.143. The van der Waals surface area contributed by atoms with E-state index in [1.165, 1.54) is 0 Å². The zero-order valence-corrected chi connectivity index (χ0v) is 12.2. The molecule has 1 heterocycles. The molecule has 21 heavy (non-hydrogen) atoms. The zero-order valence-electron chi connectivity index (χ0n) is 11.4. The lowest BCUT2D eigenvalue weighted by Gasteiger charge is -2.06. The summed E-state index contributed by atoms with van der Waals surface area (Å²) >= 11 is 0. The van der Waals surface area contributed by atoms with Gasteiger partial charge in [-0.1, -0.05) is 0 Å². The molecule has 0 aliphatic rings. The van der Waals surface area contributed by atoms with Crippen molar-refractivity contribution in [3.63, 3.8) is 0 Å². The topological polar surface area (TPSA) is 123 Å². The second-order valence-electron chi connectivity index (χ2n) is 4.00. The molecular weight excluding hydrogens is 300 g/mol. The third kappa shape index (κ3) is 5.48. The Morgan fingerprint density at radius 3 is 2.62 bits per heavy atom. The van der Waals surface area contributed by atoms with Crippen molar-refractivity contribution in [2.75, 3.05) is 13.2 Å². The SMILES string of the molecule is CCOC(=O)CCCNS(=O)(=O)c1ccc(C(=O)O)cn1. The second-order valence-corrected chi connectivity index (χ2v) is 5.71. The van der Waals surface area contributed by atoms with Gasteiger partial charge in [-0.25, -0.2) is 22.9 Å². The molecule has 9 heteroatoms. The van der Waals surface area contributed by atoms with E-state index in [-0.39, 0.29) is 36.1 Å². The molecule has 8 nitrogen and oxygen atoms in total. The molecule has 116 valence electrons. The van der Waals surface area contributed by atoms with Gasteiger partial charge in [-0.15, -0.1) is 0 Å². The van der Waals surface area contributed by atoms with Crippen LogP contribution in [0, 0.1) is 0 Å². The number of nitrogens with zero attached hydrogens (tertiary/aromatic N) is 1. The normalized spacial score (nSPS) is 11.1. The summed E-state index contributed by atoms with van der Waals surface area (Å²) in [7, 11) is -3.82. The fourth-order valence-electron chi connectivity index (χ4n) is 1.41. The van der Waals surface area contributed by atoms with Gasteiger partial charge < -0.3 is 9.84 Å². The minimum absolute atomic E-state index is 0.0590. The molecule has 0 unspecified atom stereocenters. The van der Waals surface area contributed by atoms with Gasteiger partial charge in [0.05, 0.1) is 12.2 Å². The number of aromatic nitrogens is 1. The Morgan fingerprint density at radius 2 is 2.10 bits per heavy atom. The van der Waals surface area contributed by atoms with Gasteiger partial charge in [0, 0.05) is 19.2 Å². The van der Waals surface area contributed by atoms with Crippen LogP contribution in [0.15, 0.2) is 23.4 Å². The average Bonchev–Trinajstić information content (AvgIpc) is 2.44. The average molecular weight is 316 g/mol. The highest BCUT2D eigenvalue weighted by Gasteiger charge is 2.16. The number of esters is 1. The quantitative estimate of drug-likeness (QED) is 0.525. The summed E-state index contributed by atoms with van der Waals surface area (Å²) in [5, 5.41) is 8.42. The van der Waals surface area contributed by atoms with Crippen LogP contribution >= 0.6 is 0 Å². The third-order valence-electron chi connectivity index (χ3n) is 2.41. The standard InChI is InChI=1S/C12H16N2O6S/c1-2-20-11(15)4-3-7-14-21(18,19)10-6-5-9(8-13-10)12(16)17/h5-6,8,14H,2-4,7H2,1H3,(H,16,17). The van der Waals surface area contributed by atoms with Crippen LogP contribution in [0.1, 0.15) is 30.1 Å². The van der Waals surface area contributed by atoms with E-state index in [4.69, 9.17) is 9.84 Å². The van der Waals surface area contributed by atoms with Crippen molar-refractivity contribution in [3.8, 4) is 0 Å². The third-order valence-corrected chi connectivity index (χ3v) is 3.79. The highest BCUT2D eigenvalue weighted by molar-refractivity contribution is 7.89. The summed E-state index contributed by atoms with van der Waals surface area (Å²) in [5.74, 6) is -1.57. The molecule has 0 atom stereocenters. The van der Waals surface area contributed by atoms with Crippen LogP contribution in [-0.2, 0) is 19.6 Å². The smallest absolute Gasteiger partial charge is 0.337 e. The predicted octanol–water partition coefficient (Wildman–Crippen LogP) is 0.401. The fraction of sp³-hybridized carbons (Fsp3) is 0.417. The van der Waals surface area contributed by atoms with E-state index in [1.54, 1.807) is 6.92 Å². The number of hydrogen-bond acceptors (Lipinski definition) is 6. The maximum absolute atomic E-state index is 11.8. The molecule has 1 rings (SSSR count). The van der Waals surface area contributed by atoms with E-state index in [9.17, 15) is 18.0 Å². The molecule has 0 saturated heterocycles. The Bertz CT molecular complexity index is 597. The van der Waals surface area contributed by atoms with Crippen LogP contribution in [-0.4, -0.2) is 43.6 Å². The summed E-state index contributed by atoms with van der Waals surface area (Å²) in [6.07, 6.45) is 1.38. The van der Waals surface area contributed by atoms with Crippen LogP contribution in [0.5, 0.6) is 0 Å². The van der Waals surface area contributed by atoms with Crippen LogP contribution in [0.4, 0.5) is 0 Å². The molecule has 0 aliphatic carbocycles. The molecular formula is C12H16N2O6S. The number of pyridine rings is 1. The van der Waals surface area contributed by atoms with Crippen molar-refractivity contribution < 1.29 is 27.9 Å². The summed E-state index contributed by atoms with van der Waals surface area (Å²) in [4.78, 5) is 25.3. The lowest BCUT2D eigenvalue weighted by Crippen LogP contribution is -2.26. The van der Waals surface area contributed by atoms with Crippen molar-refractivity contribution in [1.29, 1.82) is 0 Å². The minimum Gasteiger partial charge on any atom is -0.478 e. The zero-order chi connectivity index (χ0) is 15.9. The maximum Gasteiger partial charge on any atom is 0.337 e. The Kier molecular flexibility index (Phi) is 6.25. The molecule has 0 amide bonds. The molecule has 0 radical (unpaired) electrons. The number of sulfonamides is 1. The minimum atomic E-state index is -3.82. The van der Waals surface area contributed by atoms with Crippen LogP contribution in [0.2, 0.25) is 0 Å². The number of aromatic carboxylic acids is 1. The highest BCUT2D eigenvalue weighted by atomic mass is 32.2. The molecule has 0 bridgehead atoms. The van der Waals surface area contributed by atoms with Crippen molar-refractivity contribution in [2.45, 2.75) is 24.8 Å². The van der Waals surface area contributed by atoms with Crippen LogP contribution in [0.25, 0.3) is 0 Å². The number of carbonyl (C=O) groups excluding carboxylic acids is 1. The number of carbonyl (C=O) groups is 2. The molecule has 0 aromatic carbocycles. The Hall–Kier alpha value is -2.00. The van der Waals surface area contributed by atoms with Gasteiger partial charge in [-0.2, -0.15) is 0 Å². The Labute approximate surface area is 122 Å². The number of carboxylic acids is 1. The van der Waals surface area contributed by atoms with Crippen molar-refractivity contribution in [3.05, 3.63) is 23.9 Å². The predicted molar refractivity (Wildman–Crippen MR) is 72.3 cm³/mol. The van der Waals surface area contributed by atoms with E-state index >= 15 is 0 Å². The number of hydrogen-bond donors (Lipinski definition) is 2. The first kappa shape index (κ1) is 17.1. The Morgan fingerprint density at radius 1 is 1.38 bits per heavy atom. The first-order valence-corrected chi connectivity index (χ1v) is 7.69. The molecule has 1 aromatic rings. The summed E-state index contributed by atoms with van der Waals surface area (Å²) in [6, 6.07) is 2.26. The van der Waals surface area contributed by atoms with Gasteiger partial charge >= 0.3 is 11.9 Å². The van der Waals surface area contributed by atoms with Gasteiger partial charge in [0.1, 0.15) is 0 Å². The van der Waals surface area contributed by atoms with Gasteiger partial charge in [-0.05, 0) is 25.5 Å². The van der Waals surface area contributed by atoms with E-state index in [2.05, 4.69) is 9.71 Å². The first-order valence-electron chi connectivity index (χ1n) is 6.21. The second kappa shape index (κ2) is 7.70. The summed E-state index contributed by atoms with van der Waals surface area (Å²) < 4.78 is 30.7. The van der Waals surface area contributed by atoms with Crippen molar-refractivity contribution in [1.82, 2.24) is 9.71 Å². The molecule has 0 fully saturated rings. The Balaban J connectivity index is 2.53. The van der Waals surface area contributed by atoms with Gasteiger partial charge in [-0.3, -0.25) is 4.79 Å². The van der Waals surface area contributed by atoms with E-state index in [0.717, 1.165) is 18.3 Å². The van der Waals surface area contributed by atoms with E-state index < -0.39 is 16.0 Å². The first-order chi connectivity index (χ1) is 9.86. The maximum atomic E-state index is 11.8. The monoisotopic (exact) mass is 316 g/mol. The largest absolute Gasteiger partial charge is 0.478 e. The number of ether oxygens (including phenoxy) is 1. The molecule has 0 aliphatic heterocycles. The van der Waals surface area contributed by atoms with E-state index in [1.807, 2.05) is 0 Å². The van der Waals surface area contributed by atoms with Gasteiger partial charge in [0.2, 0.25) is 0 Å². The van der Waals surface area contributed by atoms with Gasteiger partial charge in [0.15, 0.2) is 5.03 Å². The molecule has 2 N–H and O–H groups in total. The molecule has 0 spiro atoms. The van der Waals surface area contributed by atoms with Crippen molar-refractivity contribution >= 4 is 22.0 Å². The van der Waals surface area contributed by atoms with Crippen LogP contribution < -0.4 is 4.72 Å². The fourth-order valence-corrected chi connectivity index (χ4v) is 2.41. The van der Waals surface area contributed by atoms with Crippen LogP contribution in [0.3, 0.4) is 0 Å². The molecule has 0 saturated carbocycles. The number of rotatable bonds is 8. The number of nitrogens with one attached hydrogen (secondary N) is 1. The highest BCUT2D eigenvalue weighted by Crippen LogP contribution is 2.07. The van der Waals surface area contributed by atoms with Gasteiger partial charge in [0.25, 0.3) is 10.0 Å².